The van der Waals surface area contributed by atoms with Gasteiger partial charge in [-0.15, -0.1) is 11.8 Å². The first-order valence-electron chi connectivity index (χ1n) is 9.24. The molecule has 1 aliphatic rings. The number of hydrogen-bond acceptors (Lipinski definition) is 5. The summed E-state index contributed by atoms with van der Waals surface area (Å²) in [5, 5.41) is 0. The van der Waals surface area contributed by atoms with Crippen molar-refractivity contribution >= 4 is 34.7 Å². The van der Waals surface area contributed by atoms with Gasteiger partial charge in [-0.05, 0) is 30.2 Å². The Kier molecular flexibility index (Phi) is 5.58. The van der Waals surface area contributed by atoms with Crippen LogP contribution in [-0.4, -0.2) is 57.7 Å². The number of anilines is 1. The second-order valence-electron chi connectivity index (χ2n) is 6.65. The highest BCUT2D eigenvalue weighted by molar-refractivity contribution is 7.99. The summed E-state index contributed by atoms with van der Waals surface area (Å²) in [7, 11) is 0. The molecule has 1 N–H and O–H groups in total. The van der Waals surface area contributed by atoms with Crippen LogP contribution in [0.4, 0.5) is 5.95 Å². The number of rotatable bonds is 5. The number of pyridine rings is 1. The maximum atomic E-state index is 12.6. The third kappa shape index (κ3) is 4.42. The lowest BCUT2D eigenvalue weighted by Crippen LogP contribution is -2.36. The minimum Gasteiger partial charge on any atom is -0.341 e. The lowest BCUT2D eigenvalue weighted by molar-refractivity contribution is -0.128. The molecule has 1 aliphatic heterocycles. The van der Waals surface area contributed by atoms with Crippen LogP contribution in [0, 0.1) is 0 Å². The van der Waals surface area contributed by atoms with Gasteiger partial charge in [-0.2, -0.15) is 0 Å². The van der Waals surface area contributed by atoms with Gasteiger partial charge in [0.1, 0.15) is 0 Å². The summed E-state index contributed by atoms with van der Waals surface area (Å²) in [6.45, 7) is 3.26. The minimum atomic E-state index is 0.218. The van der Waals surface area contributed by atoms with Crippen molar-refractivity contribution in [3.05, 3.63) is 54.4 Å². The van der Waals surface area contributed by atoms with Gasteiger partial charge in [0.2, 0.25) is 11.9 Å². The maximum Gasteiger partial charge on any atom is 0.232 e. The van der Waals surface area contributed by atoms with E-state index in [-0.39, 0.29) is 5.91 Å². The van der Waals surface area contributed by atoms with Gasteiger partial charge >= 0.3 is 0 Å². The molecule has 27 heavy (non-hydrogen) atoms. The molecular weight excluding hydrogens is 358 g/mol. The van der Waals surface area contributed by atoms with Crippen molar-refractivity contribution in [2.45, 2.75) is 12.2 Å². The Morgan fingerprint density at radius 1 is 1.11 bits per heavy atom. The van der Waals surface area contributed by atoms with Crippen LogP contribution in [0.5, 0.6) is 0 Å². The molecule has 1 amide bonds. The third-order valence-corrected chi connectivity index (χ3v) is 5.73. The SMILES string of the molecule is O=C(CSCc1cccnc1)N1CCCN(c2nc3ccccc3[nH]2)CC1. The van der Waals surface area contributed by atoms with E-state index in [1.807, 2.05) is 47.5 Å². The Bertz CT molecular complexity index is 865. The van der Waals surface area contributed by atoms with E-state index in [1.165, 1.54) is 0 Å². The molecule has 1 saturated heterocycles. The molecule has 0 bridgehead atoms. The Morgan fingerprint density at radius 2 is 2.04 bits per heavy atom. The zero-order valence-corrected chi connectivity index (χ0v) is 16.0. The zero-order chi connectivity index (χ0) is 18.5. The van der Waals surface area contributed by atoms with Gasteiger partial charge in [0.15, 0.2) is 0 Å². The fraction of sp³-hybridized carbons (Fsp3) is 0.350. The summed E-state index contributed by atoms with van der Waals surface area (Å²) in [5.74, 6) is 2.45. The van der Waals surface area contributed by atoms with Crippen molar-refractivity contribution in [1.82, 2.24) is 19.9 Å². The van der Waals surface area contributed by atoms with Crippen molar-refractivity contribution in [2.24, 2.45) is 0 Å². The molecule has 0 unspecified atom stereocenters. The van der Waals surface area contributed by atoms with Crippen molar-refractivity contribution < 1.29 is 4.79 Å². The number of aromatic amines is 1. The van der Waals surface area contributed by atoms with E-state index >= 15 is 0 Å². The number of para-hydroxylation sites is 2. The van der Waals surface area contributed by atoms with E-state index in [9.17, 15) is 4.79 Å². The second kappa shape index (κ2) is 8.43. The molecular formula is C20H23N5OS. The van der Waals surface area contributed by atoms with Crippen LogP contribution in [0.15, 0.2) is 48.8 Å². The Hall–Kier alpha value is -2.54. The second-order valence-corrected chi connectivity index (χ2v) is 7.64. The summed E-state index contributed by atoms with van der Waals surface area (Å²) < 4.78 is 0. The van der Waals surface area contributed by atoms with E-state index in [0.717, 1.165) is 60.9 Å². The van der Waals surface area contributed by atoms with Gasteiger partial charge in [-0.1, -0.05) is 18.2 Å². The number of imidazole rings is 1. The highest BCUT2D eigenvalue weighted by atomic mass is 32.2. The van der Waals surface area contributed by atoms with E-state index in [0.29, 0.717) is 5.75 Å². The Labute approximate surface area is 163 Å². The normalized spacial score (nSPS) is 15.1. The van der Waals surface area contributed by atoms with E-state index in [1.54, 1.807) is 18.0 Å². The molecule has 0 spiro atoms. The average Bonchev–Trinajstić information content (AvgIpc) is 2.98. The molecule has 3 heterocycles. The van der Waals surface area contributed by atoms with E-state index < -0.39 is 0 Å². The molecule has 3 aromatic rings. The monoisotopic (exact) mass is 381 g/mol. The van der Waals surface area contributed by atoms with Crippen molar-refractivity contribution in [1.29, 1.82) is 0 Å². The quantitative estimate of drug-likeness (QED) is 0.736. The number of aromatic nitrogens is 3. The van der Waals surface area contributed by atoms with Crippen molar-refractivity contribution in [3.8, 4) is 0 Å². The molecule has 0 aliphatic carbocycles. The lowest BCUT2D eigenvalue weighted by atomic mass is 10.3. The van der Waals surface area contributed by atoms with Gasteiger partial charge in [-0.3, -0.25) is 9.78 Å². The predicted molar refractivity (Wildman–Crippen MR) is 110 cm³/mol. The number of nitrogens with zero attached hydrogens (tertiary/aromatic N) is 4. The first-order chi connectivity index (χ1) is 13.3. The summed E-state index contributed by atoms with van der Waals surface area (Å²) in [4.78, 5) is 29.0. The largest absolute Gasteiger partial charge is 0.341 e. The van der Waals surface area contributed by atoms with Crippen molar-refractivity contribution in [2.75, 3.05) is 36.8 Å². The van der Waals surface area contributed by atoms with Crippen LogP contribution in [0.3, 0.4) is 0 Å². The first-order valence-corrected chi connectivity index (χ1v) is 10.4. The number of benzene rings is 1. The van der Waals surface area contributed by atoms with E-state index in [4.69, 9.17) is 0 Å². The van der Waals surface area contributed by atoms with Gasteiger partial charge < -0.3 is 14.8 Å². The number of amides is 1. The molecule has 2 aromatic heterocycles. The molecule has 4 rings (SSSR count). The van der Waals surface area contributed by atoms with Crippen LogP contribution in [-0.2, 0) is 10.5 Å². The summed E-state index contributed by atoms with van der Waals surface area (Å²) >= 11 is 1.65. The van der Waals surface area contributed by atoms with Crippen LogP contribution in [0.2, 0.25) is 0 Å². The van der Waals surface area contributed by atoms with Crippen LogP contribution < -0.4 is 4.90 Å². The van der Waals surface area contributed by atoms with Crippen LogP contribution >= 0.6 is 11.8 Å². The van der Waals surface area contributed by atoms with Crippen LogP contribution in [0.1, 0.15) is 12.0 Å². The van der Waals surface area contributed by atoms with Gasteiger partial charge in [0.05, 0.1) is 16.8 Å². The fourth-order valence-electron chi connectivity index (χ4n) is 3.30. The number of carbonyl (C=O) groups excluding carboxylic acids is 1. The molecule has 1 fully saturated rings. The van der Waals surface area contributed by atoms with Crippen molar-refractivity contribution in [3.63, 3.8) is 0 Å². The first kappa shape index (κ1) is 17.9. The number of H-pyrrole nitrogens is 1. The topological polar surface area (TPSA) is 65.1 Å². The van der Waals surface area contributed by atoms with Gasteiger partial charge in [0, 0.05) is 44.3 Å². The fourth-order valence-corrected chi connectivity index (χ4v) is 4.16. The summed E-state index contributed by atoms with van der Waals surface area (Å²) in [5.41, 5.74) is 3.19. The van der Waals surface area contributed by atoms with Gasteiger partial charge in [-0.25, -0.2) is 4.98 Å². The minimum absolute atomic E-state index is 0.218. The zero-order valence-electron chi connectivity index (χ0n) is 15.2. The van der Waals surface area contributed by atoms with E-state index in [2.05, 4.69) is 19.9 Å². The number of fused-ring (bicyclic) bond motifs is 1. The maximum absolute atomic E-state index is 12.6. The van der Waals surface area contributed by atoms with Gasteiger partial charge in [0.25, 0.3) is 0 Å². The highest BCUT2D eigenvalue weighted by Gasteiger charge is 2.20. The number of hydrogen-bond donors (Lipinski definition) is 1. The number of nitrogens with one attached hydrogen (secondary N) is 1. The standard InChI is InChI=1S/C20H23N5OS/c26-19(15-27-14-16-5-3-8-21-13-16)24-9-4-10-25(12-11-24)20-22-17-6-1-2-7-18(17)23-20/h1-3,5-8,13H,4,9-12,14-15H2,(H,22,23). The van der Waals surface area contributed by atoms with Crippen LogP contribution in [0.25, 0.3) is 11.0 Å². The molecule has 0 radical (unpaired) electrons. The third-order valence-electron chi connectivity index (χ3n) is 4.74. The molecule has 140 valence electrons. The average molecular weight is 382 g/mol. The molecule has 0 saturated carbocycles. The predicted octanol–water partition coefficient (Wildman–Crippen LogP) is 2.93. The summed E-state index contributed by atoms with van der Waals surface area (Å²) in [6.07, 6.45) is 4.58. The Morgan fingerprint density at radius 3 is 2.89 bits per heavy atom. The smallest absolute Gasteiger partial charge is 0.232 e. The number of carbonyl (C=O) groups is 1. The molecule has 6 nitrogen and oxygen atoms in total. The Balaban J connectivity index is 1.30. The molecule has 0 atom stereocenters. The summed E-state index contributed by atoms with van der Waals surface area (Å²) in [6, 6.07) is 12.0. The highest BCUT2D eigenvalue weighted by Crippen LogP contribution is 2.19. The lowest BCUT2D eigenvalue weighted by Gasteiger charge is -2.21. The number of thioether (sulfide) groups is 1. The molecule has 7 heteroatoms. The molecule has 1 aromatic carbocycles.